The second-order valence-corrected chi connectivity index (χ2v) is 6.52. The van der Waals surface area contributed by atoms with Gasteiger partial charge in [-0.3, -0.25) is 10.1 Å². The largest absolute Gasteiger partial charge is 0.434 e. The van der Waals surface area contributed by atoms with Crippen LogP contribution in [0.5, 0.6) is 0 Å². The number of hydrogen-bond acceptors (Lipinski definition) is 5. The third kappa shape index (κ3) is 4.72. The minimum atomic E-state index is -0.312. The number of oxazole rings is 1. The van der Waals surface area contributed by atoms with Gasteiger partial charge in [0.05, 0.1) is 0 Å². The van der Waals surface area contributed by atoms with Crippen LogP contribution >= 0.6 is 12.2 Å². The zero-order chi connectivity index (χ0) is 20.1. The molecule has 0 saturated heterocycles. The molecule has 0 aliphatic rings. The van der Waals surface area contributed by atoms with E-state index in [2.05, 4.69) is 20.6 Å². The SMILES string of the molecule is O=C(/C=C/c1ccccc1)NC(=S)Nc1cccc(-c2nc3ncccc3o2)c1. The number of amides is 1. The van der Waals surface area contributed by atoms with Crippen LogP contribution < -0.4 is 10.6 Å². The van der Waals surface area contributed by atoms with E-state index in [1.54, 1.807) is 18.3 Å². The topological polar surface area (TPSA) is 80.0 Å². The molecule has 0 saturated carbocycles. The molecule has 0 bridgehead atoms. The summed E-state index contributed by atoms with van der Waals surface area (Å²) in [4.78, 5) is 20.6. The Balaban J connectivity index is 1.41. The standard InChI is InChI=1S/C22H16N4O2S/c27-19(12-11-15-6-2-1-3-7-15)25-22(29)24-17-9-4-8-16(14-17)21-26-20-18(28-21)10-5-13-23-20/h1-14H,(H2,24,25,27,29)/b12-11+. The van der Waals surface area contributed by atoms with E-state index in [4.69, 9.17) is 16.6 Å². The van der Waals surface area contributed by atoms with Crippen LogP contribution in [0.15, 0.2) is 83.4 Å². The smallest absolute Gasteiger partial charge is 0.250 e. The Morgan fingerprint density at radius 1 is 1.03 bits per heavy atom. The molecule has 0 radical (unpaired) electrons. The average molecular weight is 400 g/mol. The van der Waals surface area contributed by atoms with Gasteiger partial charge in [-0.2, -0.15) is 4.98 Å². The van der Waals surface area contributed by atoms with Crippen LogP contribution in [0.1, 0.15) is 5.56 Å². The van der Waals surface area contributed by atoms with E-state index in [-0.39, 0.29) is 11.0 Å². The lowest BCUT2D eigenvalue weighted by Crippen LogP contribution is -2.32. The Labute approximate surface area is 172 Å². The molecule has 0 aliphatic carbocycles. The molecule has 2 aromatic carbocycles. The van der Waals surface area contributed by atoms with Gasteiger partial charge < -0.3 is 9.73 Å². The van der Waals surface area contributed by atoms with E-state index in [1.165, 1.54) is 6.08 Å². The Morgan fingerprint density at radius 3 is 2.72 bits per heavy atom. The maximum Gasteiger partial charge on any atom is 0.250 e. The fraction of sp³-hybridized carbons (Fsp3) is 0. The van der Waals surface area contributed by atoms with Crippen molar-refractivity contribution < 1.29 is 9.21 Å². The van der Waals surface area contributed by atoms with Gasteiger partial charge in [0.1, 0.15) is 0 Å². The number of hydrogen-bond donors (Lipinski definition) is 2. The van der Waals surface area contributed by atoms with Crippen molar-refractivity contribution in [2.24, 2.45) is 0 Å². The van der Waals surface area contributed by atoms with Gasteiger partial charge in [-0.25, -0.2) is 4.98 Å². The fourth-order valence-corrected chi connectivity index (χ4v) is 2.89. The molecule has 2 N–H and O–H groups in total. The van der Waals surface area contributed by atoms with Gasteiger partial charge in [0.2, 0.25) is 11.8 Å². The summed E-state index contributed by atoms with van der Waals surface area (Å²) in [6.07, 6.45) is 4.82. The van der Waals surface area contributed by atoms with Crippen LogP contribution in [0, 0.1) is 0 Å². The molecule has 4 rings (SSSR count). The Hall–Kier alpha value is -3.84. The quantitative estimate of drug-likeness (QED) is 0.390. The Morgan fingerprint density at radius 2 is 1.90 bits per heavy atom. The molecule has 1 amide bonds. The molecule has 0 spiro atoms. The molecule has 0 fully saturated rings. The highest BCUT2D eigenvalue weighted by atomic mass is 32.1. The first-order valence-electron chi connectivity index (χ1n) is 8.84. The summed E-state index contributed by atoms with van der Waals surface area (Å²) in [5.74, 6) is 0.149. The molecule has 142 valence electrons. The third-order valence-electron chi connectivity index (χ3n) is 4.00. The lowest BCUT2D eigenvalue weighted by Gasteiger charge is -2.08. The van der Waals surface area contributed by atoms with E-state index >= 15 is 0 Å². The molecular formula is C22H16N4O2S. The van der Waals surface area contributed by atoms with Crippen molar-refractivity contribution in [1.82, 2.24) is 15.3 Å². The normalized spacial score (nSPS) is 10.9. The predicted octanol–water partition coefficient (Wildman–Crippen LogP) is 4.42. The number of carbonyl (C=O) groups excluding carboxylic acids is 1. The zero-order valence-electron chi connectivity index (χ0n) is 15.2. The lowest BCUT2D eigenvalue weighted by molar-refractivity contribution is -0.115. The molecule has 6 nitrogen and oxygen atoms in total. The molecule has 2 heterocycles. The summed E-state index contributed by atoms with van der Waals surface area (Å²) in [6.45, 7) is 0. The number of fused-ring (bicyclic) bond motifs is 1. The highest BCUT2D eigenvalue weighted by Crippen LogP contribution is 2.25. The van der Waals surface area contributed by atoms with E-state index < -0.39 is 0 Å². The number of rotatable bonds is 4. The van der Waals surface area contributed by atoms with Crippen LogP contribution in [0.4, 0.5) is 5.69 Å². The van der Waals surface area contributed by atoms with Crippen LogP contribution in [-0.2, 0) is 4.79 Å². The number of nitrogens with zero attached hydrogens (tertiary/aromatic N) is 2. The molecule has 0 aliphatic heterocycles. The minimum absolute atomic E-state index is 0.198. The van der Waals surface area contributed by atoms with Crippen molar-refractivity contribution in [2.75, 3.05) is 5.32 Å². The minimum Gasteiger partial charge on any atom is -0.434 e. The second kappa shape index (κ2) is 8.45. The number of pyridine rings is 1. The summed E-state index contributed by atoms with van der Waals surface area (Å²) in [7, 11) is 0. The Kier molecular flexibility index (Phi) is 5.40. The first kappa shape index (κ1) is 18.5. The maximum absolute atomic E-state index is 12.0. The number of aromatic nitrogens is 2. The third-order valence-corrected chi connectivity index (χ3v) is 4.20. The van der Waals surface area contributed by atoms with Crippen LogP contribution in [0.2, 0.25) is 0 Å². The van der Waals surface area contributed by atoms with Gasteiger partial charge in [0.25, 0.3) is 0 Å². The first-order chi connectivity index (χ1) is 14.2. The van der Waals surface area contributed by atoms with Crippen molar-refractivity contribution in [3.8, 4) is 11.5 Å². The molecule has 29 heavy (non-hydrogen) atoms. The van der Waals surface area contributed by atoms with Crippen molar-refractivity contribution >= 4 is 46.2 Å². The molecule has 4 aromatic rings. The van der Waals surface area contributed by atoms with Gasteiger partial charge in [0, 0.05) is 23.5 Å². The fourth-order valence-electron chi connectivity index (χ4n) is 2.67. The van der Waals surface area contributed by atoms with Crippen LogP contribution in [-0.4, -0.2) is 21.0 Å². The highest BCUT2D eigenvalue weighted by Gasteiger charge is 2.10. The van der Waals surface area contributed by atoms with Crippen molar-refractivity contribution in [2.45, 2.75) is 0 Å². The Bertz CT molecular complexity index is 1170. The number of thiocarbonyl (C=S) groups is 1. The van der Waals surface area contributed by atoms with E-state index in [9.17, 15) is 4.79 Å². The predicted molar refractivity (Wildman–Crippen MR) is 117 cm³/mol. The number of benzene rings is 2. The molecule has 7 heteroatoms. The van der Waals surface area contributed by atoms with Gasteiger partial charge in [-0.05, 0) is 54.2 Å². The van der Waals surface area contributed by atoms with Crippen molar-refractivity contribution in [3.05, 3.63) is 84.6 Å². The second-order valence-electron chi connectivity index (χ2n) is 6.11. The van der Waals surface area contributed by atoms with E-state index in [0.29, 0.717) is 22.8 Å². The van der Waals surface area contributed by atoms with Crippen molar-refractivity contribution in [1.29, 1.82) is 0 Å². The van der Waals surface area contributed by atoms with Crippen molar-refractivity contribution in [3.63, 3.8) is 0 Å². The highest BCUT2D eigenvalue weighted by molar-refractivity contribution is 7.80. The van der Waals surface area contributed by atoms with Crippen LogP contribution in [0.3, 0.4) is 0 Å². The van der Waals surface area contributed by atoms with Crippen LogP contribution in [0.25, 0.3) is 28.8 Å². The van der Waals surface area contributed by atoms with Gasteiger partial charge >= 0.3 is 0 Å². The number of anilines is 1. The molecular weight excluding hydrogens is 384 g/mol. The summed E-state index contributed by atoms with van der Waals surface area (Å²) in [5, 5.41) is 5.82. The van der Waals surface area contributed by atoms with Gasteiger partial charge in [-0.15, -0.1) is 0 Å². The van der Waals surface area contributed by atoms with Gasteiger partial charge in [0.15, 0.2) is 16.3 Å². The number of carbonyl (C=O) groups is 1. The average Bonchev–Trinajstić information content (AvgIpc) is 3.17. The summed E-state index contributed by atoms with van der Waals surface area (Å²) >= 11 is 5.23. The van der Waals surface area contributed by atoms with E-state index in [0.717, 1.165) is 11.1 Å². The maximum atomic E-state index is 12.0. The van der Waals surface area contributed by atoms with E-state index in [1.807, 2.05) is 60.7 Å². The lowest BCUT2D eigenvalue weighted by atomic mass is 10.2. The molecule has 2 aromatic heterocycles. The summed E-state index contributed by atoms with van der Waals surface area (Å²) in [6, 6.07) is 20.6. The van der Waals surface area contributed by atoms with Gasteiger partial charge in [-0.1, -0.05) is 36.4 Å². The summed E-state index contributed by atoms with van der Waals surface area (Å²) < 4.78 is 5.74. The zero-order valence-corrected chi connectivity index (χ0v) is 16.0. The first-order valence-corrected chi connectivity index (χ1v) is 9.25. The molecule has 0 atom stereocenters. The summed E-state index contributed by atoms with van der Waals surface area (Å²) in [5.41, 5.74) is 3.57. The number of nitrogens with one attached hydrogen (secondary N) is 2. The molecule has 0 unspecified atom stereocenters. The monoisotopic (exact) mass is 400 g/mol.